The summed E-state index contributed by atoms with van der Waals surface area (Å²) in [6.45, 7) is 4.53. The maximum atomic E-state index is 14.2. The standard InChI is InChI=1S/C22H19FN4O2/c1-3-26-11-10-15-13-16(8-9-18(15)26)24-22(29)21-20(28)12-14(2)27(25-21)19-7-5-4-6-17(19)23/h4-13H,3H2,1-2H3,(H,24,29). The molecule has 0 aliphatic rings. The monoisotopic (exact) mass is 390 g/mol. The molecule has 29 heavy (non-hydrogen) atoms. The molecule has 0 atom stereocenters. The van der Waals surface area contributed by atoms with Gasteiger partial charge in [-0.1, -0.05) is 12.1 Å². The van der Waals surface area contributed by atoms with Crippen molar-refractivity contribution in [1.82, 2.24) is 14.3 Å². The number of halogens is 1. The number of fused-ring (bicyclic) bond motifs is 1. The second-order valence-electron chi connectivity index (χ2n) is 6.69. The lowest BCUT2D eigenvalue weighted by Crippen LogP contribution is -2.27. The van der Waals surface area contributed by atoms with E-state index in [2.05, 4.69) is 21.9 Å². The first-order valence-corrected chi connectivity index (χ1v) is 9.24. The minimum Gasteiger partial charge on any atom is -0.348 e. The normalized spacial score (nSPS) is 11.0. The fraction of sp³-hybridized carbons (Fsp3) is 0.136. The molecule has 0 radical (unpaired) electrons. The predicted molar refractivity (Wildman–Crippen MR) is 110 cm³/mol. The number of anilines is 1. The van der Waals surface area contributed by atoms with Crippen molar-refractivity contribution in [1.29, 1.82) is 0 Å². The Labute approximate surface area is 166 Å². The first-order chi connectivity index (χ1) is 14.0. The van der Waals surface area contributed by atoms with Crippen molar-refractivity contribution in [3.8, 4) is 5.69 Å². The summed E-state index contributed by atoms with van der Waals surface area (Å²) < 4.78 is 17.5. The molecule has 4 aromatic rings. The molecule has 0 aliphatic heterocycles. The third-order valence-electron chi connectivity index (χ3n) is 4.77. The maximum Gasteiger partial charge on any atom is 0.280 e. The lowest BCUT2D eigenvalue weighted by atomic mass is 10.2. The topological polar surface area (TPSA) is 68.9 Å². The number of hydrogen-bond acceptors (Lipinski definition) is 3. The van der Waals surface area contributed by atoms with Crippen molar-refractivity contribution < 1.29 is 9.18 Å². The summed E-state index contributed by atoms with van der Waals surface area (Å²) in [5, 5.41) is 7.82. The van der Waals surface area contributed by atoms with E-state index in [0.29, 0.717) is 11.4 Å². The largest absolute Gasteiger partial charge is 0.348 e. The number of carbonyl (C=O) groups excluding carboxylic acids is 1. The first-order valence-electron chi connectivity index (χ1n) is 9.24. The highest BCUT2D eigenvalue weighted by molar-refractivity contribution is 6.03. The van der Waals surface area contributed by atoms with E-state index in [1.165, 1.54) is 22.9 Å². The second-order valence-corrected chi connectivity index (χ2v) is 6.69. The van der Waals surface area contributed by atoms with Gasteiger partial charge in [0.15, 0.2) is 5.69 Å². The SMILES string of the molecule is CCn1ccc2cc(NC(=O)c3nn(-c4ccccc4F)c(C)cc3=O)ccc21. The summed E-state index contributed by atoms with van der Waals surface area (Å²) in [5.41, 5.74) is 1.38. The van der Waals surface area contributed by atoms with Gasteiger partial charge in [0.2, 0.25) is 5.43 Å². The van der Waals surface area contributed by atoms with Gasteiger partial charge < -0.3 is 9.88 Å². The molecule has 4 rings (SSSR count). The predicted octanol–water partition coefficient (Wildman–Crippen LogP) is 3.91. The van der Waals surface area contributed by atoms with Crippen LogP contribution in [0.4, 0.5) is 10.1 Å². The number of aromatic nitrogens is 3. The van der Waals surface area contributed by atoms with Crippen LogP contribution < -0.4 is 10.7 Å². The fourth-order valence-corrected chi connectivity index (χ4v) is 3.32. The van der Waals surface area contributed by atoms with E-state index >= 15 is 0 Å². The number of carbonyl (C=O) groups is 1. The highest BCUT2D eigenvalue weighted by Crippen LogP contribution is 2.21. The molecule has 1 N–H and O–H groups in total. The summed E-state index contributed by atoms with van der Waals surface area (Å²) in [4.78, 5) is 25.1. The molecule has 0 unspecified atom stereocenters. The number of nitrogens with zero attached hydrogens (tertiary/aromatic N) is 3. The number of para-hydroxylation sites is 1. The van der Waals surface area contributed by atoms with Crippen LogP contribution in [0, 0.1) is 12.7 Å². The van der Waals surface area contributed by atoms with E-state index in [0.717, 1.165) is 17.4 Å². The Morgan fingerprint density at radius 2 is 1.93 bits per heavy atom. The van der Waals surface area contributed by atoms with Gasteiger partial charge in [0.1, 0.15) is 11.5 Å². The molecule has 0 aliphatic carbocycles. The number of benzene rings is 2. The molecular weight excluding hydrogens is 371 g/mol. The molecular formula is C22H19FN4O2. The van der Waals surface area contributed by atoms with Crippen LogP contribution in [0.5, 0.6) is 0 Å². The molecule has 0 fully saturated rings. The lowest BCUT2D eigenvalue weighted by molar-refractivity contribution is 0.101. The van der Waals surface area contributed by atoms with Crippen LogP contribution >= 0.6 is 0 Å². The molecule has 146 valence electrons. The summed E-state index contributed by atoms with van der Waals surface area (Å²) in [6, 6.07) is 14.8. The van der Waals surface area contributed by atoms with E-state index < -0.39 is 17.2 Å². The number of amides is 1. The number of rotatable bonds is 4. The van der Waals surface area contributed by atoms with Gasteiger partial charge >= 0.3 is 0 Å². The minimum absolute atomic E-state index is 0.168. The fourth-order valence-electron chi connectivity index (χ4n) is 3.32. The van der Waals surface area contributed by atoms with Gasteiger partial charge in [0, 0.05) is 41.1 Å². The first kappa shape index (κ1) is 18.6. The van der Waals surface area contributed by atoms with Gasteiger partial charge in [0.25, 0.3) is 5.91 Å². The van der Waals surface area contributed by atoms with Crippen molar-refractivity contribution in [3.63, 3.8) is 0 Å². The molecule has 2 aromatic carbocycles. The number of aryl methyl sites for hydroxylation is 2. The Hall–Kier alpha value is -3.74. The quantitative estimate of drug-likeness (QED) is 0.574. The van der Waals surface area contributed by atoms with Gasteiger partial charge in [-0.2, -0.15) is 5.10 Å². The van der Waals surface area contributed by atoms with Gasteiger partial charge in [-0.3, -0.25) is 9.59 Å². The summed E-state index contributed by atoms with van der Waals surface area (Å²) in [7, 11) is 0. The third kappa shape index (κ3) is 3.42. The Morgan fingerprint density at radius 3 is 2.69 bits per heavy atom. The van der Waals surface area contributed by atoms with Crippen molar-refractivity contribution in [2.75, 3.05) is 5.32 Å². The molecule has 0 spiro atoms. The van der Waals surface area contributed by atoms with Crippen LogP contribution in [-0.4, -0.2) is 20.3 Å². The van der Waals surface area contributed by atoms with E-state index in [1.54, 1.807) is 25.1 Å². The van der Waals surface area contributed by atoms with Crippen LogP contribution in [0.25, 0.3) is 16.6 Å². The van der Waals surface area contributed by atoms with Crippen molar-refractivity contribution in [3.05, 3.63) is 88.2 Å². The van der Waals surface area contributed by atoms with Crippen LogP contribution in [0.1, 0.15) is 23.1 Å². The molecule has 0 saturated carbocycles. The summed E-state index contributed by atoms with van der Waals surface area (Å²) in [5.74, 6) is -1.14. The van der Waals surface area contributed by atoms with Crippen LogP contribution in [0.3, 0.4) is 0 Å². The molecule has 2 aromatic heterocycles. The van der Waals surface area contributed by atoms with Crippen molar-refractivity contribution in [2.24, 2.45) is 0 Å². The lowest BCUT2D eigenvalue weighted by Gasteiger charge is -2.12. The van der Waals surface area contributed by atoms with E-state index in [4.69, 9.17) is 0 Å². The Balaban J connectivity index is 1.69. The smallest absolute Gasteiger partial charge is 0.280 e. The highest BCUT2D eigenvalue weighted by atomic mass is 19.1. The third-order valence-corrected chi connectivity index (χ3v) is 4.77. The van der Waals surface area contributed by atoms with Crippen LogP contribution in [-0.2, 0) is 6.54 Å². The average molecular weight is 390 g/mol. The maximum absolute atomic E-state index is 14.2. The van der Waals surface area contributed by atoms with Crippen LogP contribution in [0.2, 0.25) is 0 Å². The molecule has 7 heteroatoms. The molecule has 6 nitrogen and oxygen atoms in total. The van der Waals surface area contributed by atoms with Gasteiger partial charge in [-0.25, -0.2) is 9.07 Å². The zero-order valence-electron chi connectivity index (χ0n) is 16.0. The van der Waals surface area contributed by atoms with E-state index in [-0.39, 0.29) is 11.4 Å². The van der Waals surface area contributed by atoms with Gasteiger partial charge in [-0.05, 0) is 50.2 Å². The highest BCUT2D eigenvalue weighted by Gasteiger charge is 2.17. The second kappa shape index (κ2) is 7.35. The summed E-state index contributed by atoms with van der Waals surface area (Å²) >= 11 is 0. The Kier molecular flexibility index (Phi) is 4.72. The van der Waals surface area contributed by atoms with Crippen LogP contribution in [0.15, 0.2) is 65.6 Å². The van der Waals surface area contributed by atoms with Crippen molar-refractivity contribution >= 4 is 22.5 Å². The van der Waals surface area contributed by atoms with Crippen molar-refractivity contribution in [2.45, 2.75) is 20.4 Å². The summed E-state index contributed by atoms with van der Waals surface area (Å²) in [6.07, 6.45) is 1.98. The van der Waals surface area contributed by atoms with E-state index in [1.807, 2.05) is 24.4 Å². The number of hydrogen-bond donors (Lipinski definition) is 1. The van der Waals surface area contributed by atoms with E-state index in [9.17, 15) is 14.0 Å². The van der Waals surface area contributed by atoms with Gasteiger partial charge in [0.05, 0.1) is 0 Å². The van der Waals surface area contributed by atoms with Gasteiger partial charge in [-0.15, -0.1) is 0 Å². The minimum atomic E-state index is -0.644. The zero-order chi connectivity index (χ0) is 20.5. The zero-order valence-corrected chi connectivity index (χ0v) is 16.0. The molecule has 1 amide bonds. The Bertz CT molecular complexity index is 1290. The molecule has 0 saturated heterocycles. The number of nitrogens with one attached hydrogen (secondary N) is 1. The average Bonchev–Trinajstić information content (AvgIpc) is 3.11. The molecule has 2 heterocycles. The molecule has 0 bridgehead atoms. The Morgan fingerprint density at radius 1 is 1.14 bits per heavy atom.